The molecular weight excluding hydrogens is 532 g/mol. The molecule has 1 aliphatic carbocycles. The van der Waals surface area contributed by atoms with E-state index in [1.165, 1.54) is 24.8 Å². The molecule has 0 bridgehead atoms. The molecule has 0 aliphatic heterocycles. The minimum atomic E-state index is -0.468. The van der Waals surface area contributed by atoms with E-state index in [1.807, 2.05) is 0 Å². The van der Waals surface area contributed by atoms with Crippen LogP contribution in [0.3, 0.4) is 0 Å². The summed E-state index contributed by atoms with van der Waals surface area (Å²) in [4.78, 5) is 12.3. The van der Waals surface area contributed by atoms with E-state index >= 15 is 0 Å². The fourth-order valence-electron chi connectivity index (χ4n) is 3.61. The Bertz CT molecular complexity index is 1180. The largest absolute Gasteiger partial charge is 2.00 e. The average molecular weight is 568 g/mol. The third-order valence-corrected chi connectivity index (χ3v) is 5.80. The van der Waals surface area contributed by atoms with Crippen molar-refractivity contribution in [2.75, 3.05) is 6.61 Å². The van der Waals surface area contributed by atoms with Crippen LogP contribution < -0.4 is 19.3 Å². The molecule has 0 saturated heterocycles. The third-order valence-electron chi connectivity index (χ3n) is 5.80. The number of hydrogen-bond acceptors (Lipinski definition) is 5. The van der Waals surface area contributed by atoms with Crippen LogP contribution in [0.1, 0.15) is 61.9 Å². The van der Waals surface area contributed by atoms with E-state index in [4.69, 9.17) is 14.2 Å². The summed E-state index contributed by atoms with van der Waals surface area (Å²) >= 11 is 0. The summed E-state index contributed by atoms with van der Waals surface area (Å²) in [5.41, 5.74) is 2.40. The average Bonchev–Trinajstić information content (AvgIpc) is 3.67. The molecule has 3 aromatic rings. The van der Waals surface area contributed by atoms with Gasteiger partial charge in [0.25, 0.3) is 0 Å². The molecule has 0 N–H and O–H groups in total. The molecule has 0 fully saturated rings. The molecule has 5 nitrogen and oxygen atoms in total. The van der Waals surface area contributed by atoms with Gasteiger partial charge in [0.15, 0.2) is 0 Å². The summed E-state index contributed by atoms with van der Waals surface area (Å²) in [5.74, 6) is 0.568. The Balaban J connectivity index is 0.000000453. The zero-order valence-electron chi connectivity index (χ0n) is 22.6. The minimum Gasteiger partial charge on any atom is -0.579 e. The first kappa shape index (κ1) is 31.6. The zero-order chi connectivity index (χ0) is 27.0. The smallest absolute Gasteiger partial charge is 0.579 e. The van der Waals surface area contributed by atoms with Gasteiger partial charge in [-0.2, -0.15) is 17.7 Å². The van der Waals surface area contributed by atoms with Crippen LogP contribution in [-0.4, -0.2) is 12.6 Å². The van der Waals surface area contributed by atoms with Gasteiger partial charge in [-0.05, 0) is 60.5 Å². The topological polar surface area (TPSA) is 67.8 Å². The van der Waals surface area contributed by atoms with Gasteiger partial charge < -0.3 is 19.3 Å². The molecule has 0 spiro atoms. The van der Waals surface area contributed by atoms with Crippen LogP contribution in [0.4, 0.5) is 0 Å². The van der Waals surface area contributed by atoms with E-state index in [1.54, 1.807) is 72.8 Å². The Morgan fingerprint density at radius 1 is 0.795 bits per heavy atom. The van der Waals surface area contributed by atoms with Crippen molar-refractivity contribution in [2.24, 2.45) is 0 Å². The molecule has 0 amide bonds. The Morgan fingerprint density at radius 3 is 2.00 bits per heavy atom. The van der Waals surface area contributed by atoms with Crippen LogP contribution in [0.25, 0.3) is 0 Å². The zero-order valence-corrected chi connectivity index (χ0v) is 23.7. The molecule has 0 unspecified atom stereocenters. The SMILES string of the molecule is CCCCCOc1ccc(C(=O)Oc2ccc(OC([O-])=C3C=CC=C3)cc2)cc1.CCCCc1ccc[cH-]1.[Fe+2]. The van der Waals surface area contributed by atoms with Crippen molar-refractivity contribution >= 4 is 5.97 Å². The quantitative estimate of drug-likeness (QED) is 0.0573. The van der Waals surface area contributed by atoms with E-state index < -0.39 is 11.9 Å². The molecule has 0 heterocycles. The Kier molecular flexibility index (Phi) is 14.4. The maximum absolute atomic E-state index is 12.3. The fourth-order valence-corrected chi connectivity index (χ4v) is 3.61. The van der Waals surface area contributed by atoms with Crippen molar-refractivity contribution in [3.05, 3.63) is 120 Å². The molecule has 206 valence electrons. The molecular formula is C33H36FeO5. The number of ether oxygens (including phenoxy) is 3. The Morgan fingerprint density at radius 2 is 1.41 bits per heavy atom. The number of carbonyl (C=O) groups is 1. The van der Waals surface area contributed by atoms with Gasteiger partial charge in [0.2, 0.25) is 0 Å². The number of aryl methyl sites for hydroxylation is 1. The van der Waals surface area contributed by atoms with Gasteiger partial charge in [-0.25, -0.2) is 16.9 Å². The first-order valence-electron chi connectivity index (χ1n) is 13.3. The summed E-state index contributed by atoms with van der Waals surface area (Å²) in [5, 5.41) is 11.9. The fraction of sp³-hybridized carbons (Fsp3) is 0.273. The van der Waals surface area contributed by atoms with Crippen LogP contribution in [0.5, 0.6) is 17.2 Å². The Labute approximate surface area is 242 Å². The molecule has 6 heteroatoms. The molecule has 1 aliphatic rings. The summed E-state index contributed by atoms with van der Waals surface area (Å²) in [6, 6.07) is 21.8. The number of rotatable bonds is 12. The van der Waals surface area contributed by atoms with E-state index in [2.05, 4.69) is 38.1 Å². The van der Waals surface area contributed by atoms with Crippen LogP contribution >= 0.6 is 0 Å². The van der Waals surface area contributed by atoms with Crippen molar-refractivity contribution in [1.29, 1.82) is 0 Å². The number of esters is 1. The van der Waals surface area contributed by atoms with Gasteiger partial charge in [0.05, 0.1) is 18.1 Å². The van der Waals surface area contributed by atoms with E-state index in [0.717, 1.165) is 25.0 Å². The van der Waals surface area contributed by atoms with Gasteiger partial charge in [0.1, 0.15) is 11.5 Å². The maximum atomic E-state index is 12.3. The maximum Gasteiger partial charge on any atom is 2.00 e. The second kappa shape index (κ2) is 17.8. The van der Waals surface area contributed by atoms with Gasteiger partial charge >= 0.3 is 23.0 Å². The van der Waals surface area contributed by atoms with Gasteiger partial charge in [-0.15, -0.1) is 0 Å². The number of allylic oxidation sites excluding steroid dienone is 5. The predicted octanol–water partition coefficient (Wildman–Crippen LogP) is 7.30. The minimum absolute atomic E-state index is 0. The molecule has 0 aromatic heterocycles. The second-order valence-corrected chi connectivity index (χ2v) is 8.90. The summed E-state index contributed by atoms with van der Waals surface area (Å²) in [7, 11) is 0. The van der Waals surface area contributed by atoms with Crippen LogP contribution in [-0.2, 0) is 23.5 Å². The summed E-state index contributed by atoms with van der Waals surface area (Å²) < 4.78 is 16.3. The second-order valence-electron chi connectivity index (χ2n) is 8.90. The molecule has 0 atom stereocenters. The normalized spacial score (nSPS) is 11.3. The first-order valence-corrected chi connectivity index (χ1v) is 13.3. The van der Waals surface area contributed by atoms with Crippen molar-refractivity contribution in [3.8, 4) is 17.2 Å². The van der Waals surface area contributed by atoms with Crippen molar-refractivity contribution < 1.29 is 41.2 Å². The van der Waals surface area contributed by atoms with Gasteiger partial charge in [-0.3, -0.25) is 0 Å². The third kappa shape index (κ3) is 11.4. The van der Waals surface area contributed by atoms with Crippen molar-refractivity contribution in [1.82, 2.24) is 0 Å². The van der Waals surface area contributed by atoms with Crippen LogP contribution in [0, 0.1) is 0 Å². The van der Waals surface area contributed by atoms with E-state index in [0.29, 0.717) is 29.2 Å². The van der Waals surface area contributed by atoms with Crippen molar-refractivity contribution in [2.45, 2.75) is 52.4 Å². The number of carbonyl (C=O) groups excluding carboxylic acids is 1. The number of hydrogen-bond donors (Lipinski definition) is 0. The van der Waals surface area contributed by atoms with Crippen LogP contribution in [0.2, 0.25) is 0 Å². The monoisotopic (exact) mass is 568 g/mol. The molecule has 4 rings (SSSR count). The molecule has 3 aromatic carbocycles. The van der Waals surface area contributed by atoms with E-state index in [-0.39, 0.29) is 17.1 Å². The van der Waals surface area contributed by atoms with E-state index in [9.17, 15) is 9.90 Å². The Hall–Kier alpha value is -3.60. The number of benzene rings is 2. The first-order chi connectivity index (χ1) is 18.6. The molecule has 0 saturated carbocycles. The standard InChI is InChI=1S/C24H24O5.C9H13.Fe/c1-2-3-6-17-27-20-11-9-19(10-12-20)24(26)29-22-15-13-21(14-16-22)28-23(25)18-7-4-5-8-18;1-2-3-6-9-7-4-5-8-9;/h4-5,7-16,25H,2-3,6,17H2,1H3;4-5,7-8H,2-3,6H2,1H3;/q;-1;+2/p-1. The summed E-state index contributed by atoms with van der Waals surface area (Å²) in [6.45, 7) is 5.04. The summed E-state index contributed by atoms with van der Waals surface area (Å²) in [6.07, 6.45) is 14.1. The van der Waals surface area contributed by atoms with Crippen molar-refractivity contribution in [3.63, 3.8) is 0 Å². The van der Waals surface area contributed by atoms with Crippen LogP contribution in [0.15, 0.2) is 109 Å². The van der Waals surface area contributed by atoms with Gasteiger partial charge in [-0.1, -0.05) is 70.3 Å². The molecule has 39 heavy (non-hydrogen) atoms. The molecule has 0 radical (unpaired) electrons. The number of unbranched alkanes of at least 4 members (excludes halogenated alkanes) is 3. The van der Waals surface area contributed by atoms with Gasteiger partial charge in [0, 0.05) is 5.75 Å². The predicted molar refractivity (Wildman–Crippen MR) is 149 cm³/mol.